The van der Waals surface area contributed by atoms with E-state index in [0.29, 0.717) is 4.60 Å². The minimum atomic E-state index is 0.269. The highest BCUT2D eigenvalue weighted by molar-refractivity contribution is 9.13. The molecule has 1 aromatic rings. The fourth-order valence-electron chi connectivity index (χ4n) is 0.359. The lowest BCUT2D eigenvalue weighted by atomic mass is 10.7. The van der Waals surface area contributed by atoms with Gasteiger partial charge in [-0.05, 0) is 31.9 Å². The topological polar surface area (TPSA) is 51.8 Å². The van der Waals surface area contributed by atoms with Gasteiger partial charge in [-0.1, -0.05) is 0 Å². The molecule has 0 spiro atoms. The zero-order valence-electron chi connectivity index (χ0n) is 4.31. The van der Waals surface area contributed by atoms with E-state index in [0.717, 1.165) is 4.47 Å². The van der Waals surface area contributed by atoms with Crippen molar-refractivity contribution in [2.75, 3.05) is 5.73 Å². The van der Waals surface area contributed by atoms with Gasteiger partial charge in [0.05, 0.1) is 4.47 Å². The van der Waals surface area contributed by atoms with Gasteiger partial charge < -0.3 is 5.73 Å². The number of nitrogen functional groups attached to an aromatic ring is 1. The van der Waals surface area contributed by atoms with Gasteiger partial charge in [-0.25, -0.2) is 9.97 Å². The van der Waals surface area contributed by atoms with Gasteiger partial charge in [0.2, 0.25) is 5.95 Å². The summed E-state index contributed by atoms with van der Waals surface area (Å²) in [7, 11) is 0. The van der Waals surface area contributed by atoms with Crippen molar-refractivity contribution in [3.05, 3.63) is 15.3 Å². The van der Waals surface area contributed by atoms with Gasteiger partial charge in [0.25, 0.3) is 0 Å². The van der Waals surface area contributed by atoms with Crippen LogP contribution in [0.3, 0.4) is 0 Å². The Balaban J connectivity index is 3.17. The summed E-state index contributed by atoms with van der Waals surface area (Å²) in [4.78, 5) is 7.54. The van der Waals surface area contributed by atoms with Crippen LogP contribution in [0.2, 0.25) is 0 Å². The van der Waals surface area contributed by atoms with Crippen molar-refractivity contribution in [2.24, 2.45) is 0 Å². The minimum Gasteiger partial charge on any atom is -0.368 e. The number of hydrogen-bond acceptors (Lipinski definition) is 3. The Bertz CT molecular complexity index is 225. The number of aromatic nitrogens is 2. The molecule has 1 heterocycles. The van der Waals surface area contributed by atoms with Crippen LogP contribution in [0.5, 0.6) is 0 Å². The Kier molecular flexibility index (Phi) is 2.02. The molecular weight excluding hydrogens is 250 g/mol. The predicted octanol–water partition coefficient (Wildman–Crippen LogP) is 1.58. The second kappa shape index (κ2) is 2.62. The van der Waals surface area contributed by atoms with Crippen LogP contribution in [0.4, 0.5) is 5.95 Å². The van der Waals surface area contributed by atoms with E-state index in [1.807, 2.05) is 0 Å². The van der Waals surface area contributed by atoms with E-state index in [4.69, 9.17) is 5.73 Å². The lowest BCUT2D eigenvalue weighted by Gasteiger charge is -1.93. The van der Waals surface area contributed by atoms with Gasteiger partial charge in [0.15, 0.2) is 0 Å². The van der Waals surface area contributed by atoms with Gasteiger partial charge in [0, 0.05) is 6.20 Å². The van der Waals surface area contributed by atoms with Crippen LogP contribution in [-0.4, -0.2) is 9.97 Å². The number of hydrogen-bond donors (Lipinski definition) is 1. The number of rotatable bonds is 0. The maximum atomic E-state index is 5.25. The van der Waals surface area contributed by atoms with Crippen LogP contribution >= 0.6 is 31.9 Å². The molecule has 9 heavy (non-hydrogen) atoms. The largest absolute Gasteiger partial charge is 0.368 e. The van der Waals surface area contributed by atoms with Gasteiger partial charge in [-0.2, -0.15) is 0 Å². The molecule has 0 atom stereocenters. The van der Waals surface area contributed by atoms with Crippen molar-refractivity contribution in [1.82, 2.24) is 9.97 Å². The maximum absolute atomic E-state index is 5.25. The highest BCUT2D eigenvalue weighted by Crippen LogP contribution is 2.18. The lowest BCUT2D eigenvalue weighted by Crippen LogP contribution is -1.93. The molecule has 0 saturated carbocycles. The first-order chi connectivity index (χ1) is 4.20. The molecule has 0 aliphatic heterocycles. The van der Waals surface area contributed by atoms with Crippen LogP contribution < -0.4 is 5.73 Å². The summed E-state index contributed by atoms with van der Waals surface area (Å²) < 4.78 is 1.48. The Morgan fingerprint density at radius 2 is 2.11 bits per heavy atom. The van der Waals surface area contributed by atoms with Crippen LogP contribution in [0.1, 0.15) is 0 Å². The van der Waals surface area contributed by atoms with Gasteiger partial charge >= 0.3 is 0 Å². The highest BCUT2D eigenvalue weighted by Gasteiger charge is 1.96. The van der Waals surface area contributed by atoms with Crippen molar-refractivity contribution in [3.8, 4) is 0 Å². The Morgan fingerprint density at radius 3 is 2.56 bits per heavy atom. The average Bonchev–Trinajstić information content (AvgIpc) is 1.80. The summed E-state index contributed by atoms with van der Waals surface area (Å²) in [6, 6.07) is 0. The Hall–Kier alpha value is -0.160. The average molecular weight is 253 g/mol. The number of anilines is 1. The molecule has 5 heteroatoms. The van der Waals surface area contributed by atoms with E-state index in [9.17, 15) is 0 Å². The van der Waals surface area contributed by atoms with E-state index < -0.39 is 0 Å². The Labute approximate surface area is 68.9 Å². The van der Waals surface area contributed by atoms with E-state index in [-0.39, 0.29) is 5.95 Å². The zero-order chi connectivity index (χ0) is 6.85. The maximum Gasteiger partial charge on any atom is 0.221 e. The van der Waals surface area contributed by atoms with Crippen molar-refractivity contribution in [3.63, 3.8) is 0 Å². The van der Waals surface area contributed by atoms with Crippen molar-refractivity contribution < 1.29 is 0 Å². The molecule has 1 rings (SSSR count). The lowest BCUT2D eigenvalue weighted by molar-refractivity contribution is 1.14. The normalized spacial score (nSPS) is 9.56. The summed E-state index contributed by atoms with van der Waals surface area (Å²) in [5, 5.41) is 0. The quantitative estimate of drug-likeness (QED) is 0.714. The summed E-state index contributed by atoms with van der Waals surface area (Å²) in [5.74, 6) is 0.269. The van der Waals surface area contributed by atoms with E-state index in [1.54, 1.807) is 6.20 Å². The fraction of sp³-hybridized carbons (Fsp3) is 0. The predicted molar refractivity (Wildman–Crippen MR) is 41.8 cm³/mol. The first-order valence-corrected chi connectivity index (χ1v) is 3.72. The molecule has 0 aliphatic rings. The summed E-state index contributed by atoms with van der Waals surface area (Å²) in [5.41, 5.74) is 5.25. The smallest absolute Gasteiger partial charge is 0.221 e. The molecule has 48 valence electrons. The third kappa shape index (κ3) is 1.62. The fourth-order valence-corrected chi connectivity index (χ4v) is 0.834. The second-order valence-corrected chi connectivity index (χ2v) is 2.97. The molecule has 2 N–H and O–H groups in total. The highest BCUT2D eigenvalue weighted by atomic mass is 79.9. The van der Waals surface area contributed by atoms with Gasteiger partial charge in [-0.3, -0.25) is 0 Å². The molecule has 0 bridgehead atoms. The van der Waals surface area contributed by atoms with E-state index in [1.165, 1.54) is 0 Å². The molecule has 0 amide bonds. The zero-order valence-corrected chi connectivity index (χ0v) is 7.48. The van der Waals surface area contributed by atoms with E-state index >= 15 is 0 Å². The number of nitrogens with zero attached hydrogens (tertiary/aromatic N) is 2. The van der Waals surface area contributed by atoms with Crippen molar-refractivity contribution >= 4 is 37.8 Å². The summed E-state index contributed by atoms with van der Waals surface area (Å²) >= 11 is 6.37. The molecule has 0 aliphatic carbocycles. The molecule has 0 aromatic carbocycles. The summed E-state index contributed by atoms with van der Waals surface area (Å²) in [6.45, 7) is 0. The minimum absolute atomic E-state index is 0.269. The number of nitrogens with two attached hydrogens (primary N) is 1. The molecule has 0 unspecified atom stereocenters. The third-order valence-corrected chi connectivity index (χ3v) is 2.44. The molecule has 0 fully saturated rings. The first-order valence-electron chi connectivity index (χ1n) is 2.13. The van der Waals surface area contributed by atoms with Gasteiger partial charge in [0.1, 0.15) is 4.60 Å². The summed E-state index contributed by atoms with van der Waals surface area (Å²) in [6.07, 6.45) is 1.59. The van der Waals surface area contributed by atoms with Crippen molar-refractivity contribution in [1.29, 1.82) is 0 Å². The second-order valence-electron chi connectivity index (χ2n) is 1.37. The SMILES string of the molecule is Nc1ncc(Br)c(Br)n1. The molecule has 0 saturated heterocycles. The molecular formula is C4H3Br2N3. The molecule has 0 radical (unpaired) electrons. The van der Waals surface area contributed by atoms with Crippen LogP contribution in [0, 0.1) is 0 Å². The first kappa shape index (κ1) is 6.95. The third-order valence-electron chi connectivity index (χ3n) is 0.720. The van der Waals surface area contributed by atoms with Crippen LogP contribution in [0.25, 0.3) is 0 Å². The van der Waals surface area contributed by atoms with Crippen LogP contribution in [0.15, 0.2) is 15.3 Å². The number of halogens is 2. The molecule has 1 aromatic heterocycles. The Morgan fingerprint density at radius 1 is 1.44 bits per heavy atom. The van der Waals surface area contributed by atoms with Crippen molar-refractivity contribution in [2.45, 2.75) is 0 Å². The van der Waals surface area contributed by atoms with E-state index in [2.05, 4.69) is 41.8 Å². The molecule has 3 nitrogen and oxygen atoms in total. The van der Waals surface area contributed by atoms with Gasteiger partial charge in [-0.15, -0.1) is 0 Å². The standard InChI is InChI=1S/C4H3Br2N3/c5-2-1-8-4(7)9-3(2)6/h1H,(H2,7,8,9). The monoisotopic (exact) mass is 251 g/mol. The van der Waals surface area contributed by atoms with Crippen LogP contribution in [-0.2, 0) is 0 Å².